The molecular formula is C10H7FN2O. The number of imidazole rings is 1. The van der Waals surface area contributed by atoms with Gasteiger partial charge in [-0.25, -0.2) is 9.37 Å². The third kappa shape index (κ3) is 0.937. The van der Waals surface area contributed by atoms with Gasteiger partial charge in [0.2, 0.25) is 0 Å². The molecule has 70 valence electrons. The van der Waals surface area contributed by atoms with E-state index in [2.05, 4.69) is 4.98 Å². The minimum atomic E-state index is -0.274. The summed E-state index contributed by atoms with van der Waals surface area (Å²) in [5.74, 6) is 1.17. The quantitative estimate of drug-likeness (QED) is 0.635. The Kier molecular flexibility index (Phi) is 1.39. The second kappa shape index (κ2) is 2.57. The van der Waals surface area contributed by atoms with Gasteiger partial charge in [0.1, 0.15) is 17.4 Å². The van der Waals surface area contributed by atoms with Crippen molar-refractivity contribution < 1.29 is 9.13 Å². The van der Waals surface area contributed by atoms with Crippen LogP contribution in [0.5, 0.6) is 5.75 Å². The first kappa shape index (κ1) is 7.55. The molecule has 1 aliphatic heterocycles. The molecule has 3 nitrogen and oxygen atoms in total. The minimum Gasteiger partial charge on any atom is -0.472 e. The van der Waals surface area contributed by atoms with Gasteiger partial charge in [0.05, 0.1) is 5.56 Å². The number of hydrogen-bond donors (Lipinski definition) is 0. The third-order valence-electron chi connectivity index (χ3n) is 2.26. The summed E-state index contributed by atoms with van der Waals surface area (Å²) in [6.07, 6.45) is 3.49. The molecule has 2 heterocycles. The molecule has 0 amide bonds. The zero-order chi connectivity index (χ0) is 9.54. The summed E-state index contributed by atoms with van der Waals surface area (Å²) < 4.78 is 20.3. The number of benzene rings is 1. The zero-order valence-corrected chi connectivity index (χ0v) is 7.27. The van der Waals surface area contributed by atoms with Gasteiger partial charge in [-0.2, -0.15) is 0 Å². The summed E-state index contributed by atoms with van der Waals surface area (Å²) in [5, 5.41) is 0. The van der Waals surface area contributed by atoms with Crippen molar-refractivity contribution in [3.8, 4) is 17.1 Å². The molecular weight excluding hydrogens is 183 g/mol. The molecule has 14 heavy (non-hydrogen) atoms. The number of halogens is 1. The Hall–Kier alpha value is -1.84. The highest BCUT2D eigenvalue weighted by Crippen LogP contribution is 2.33. The summed E-state index contributed by atoms with van der Waals surface area (Å²) in [7, 11) is 0. The van der Waals surface area contributed by atoms with E-state index in [0.29, 0.717) is 18.0 Å². The van der Waals surface area contributed by atoms with E-state index in [4.69, 9.17) is 4.74 Å². The SMILES string of the molecule is Fc1ccc2c(c1)-c1nccn1CO2. The molecule has 3 rings (SSSR count). The van der Waals surface area contributed by atoms with Crippen LogP contribution < -0.4 is 4.74 Å². The highest BCUT2D eigenvalue weighted by molar-refractivity contribution is 5.65. The predicted octanol–water partition coefficient (Wildman–Crippen LogP) is 2.04. The molecule has 0 bridgehead atoms. The largest absolute Gasteiger partial charge is 0.472 e. The molecule has 1 aromatic carbocycles. The van der Waals surface area contributed by atoms with Gasteiger partial charge in [0, 0.05) is 12.4 Å². The normalized spacial score (nSPS) is 12.9. The maximum atomic E-state index is 13.0. The van der Waals surface area contributed by atoms with Crippen LogP contribution in [0.1, 0.15) is 0 Å². The molecule has 2 aromatic rings. The van der Waals surface area contributed by atoms with Gasteiger partial charge in [-0.05, 0) is 18.2 Å². The van der Waals surface area contributed by atoms with E-state index >= 15 is 0 Å². The molecule has 1 aromatic heterocycles. The van der Waals surface area contributed by atoms with Gasteiger partial charge in [0.25, 0.3) is 0 Å². The van der Waals surface area contributed by atoms with Crippen LogP contribution in [0.25, 0.3) is 11.4 Å². The van der Waals surface area contributed by atoms with E-state index in [9.17, 15) is 4.39 Å². The highest BCUT2D eigenvalue weighted by atomic mass is 19.1. The van der Waals surface area contributed by atoms with Gasteiger partial charge in [-0.1, -0.05) is 0 Å². The fraction of sp³-hybridized carbons (Fsp3) is 0.100. The summed E-state index contributed by atoms with van der Waals surface area (Å²) >= 11 is 0. The van der Waals surface area contributed by atoms with Crippen LogP contribution in [0.2, 0.25) is 0 Å². The van der Waals surface area contributed by atoms with E-state index < -0.39 is 0 Å². The first-order valence-electron chi connectivity index (χ1n) is 4.28. The lowest BCUT2D eigenvalue weighted by molar-refractivity contribution is 0.229. The molecule has 0 saturated carbocycles. The number of aromatic nitrogens is 2. The minimum absolute atomic E-state index is 0.274. The fourth-order valence-electron chi connectivity index (χ4n) is 1.60. The van der Waals surface area contributed by atoms with Crippen molar-refractivity contribution in [1.82, 2.24) is 9.55 Å². The van der Waals surface area contributed by atoms with Gasteiger partial charge >= 0.3 is 0 Å². The molecule has 0 N–H and O–H groups in total. The molecule has 0 radical (unpaired) electrons. The van der Waals surface area contributed by atoms with Crippen molar-refractivity contribution >= 4 is 0 Å². The molecule has 0 spiro atoms. The van der Waals surface area contributed by atoms with Crippen LogP contribution in [0, 0.1) is 5.82 Å². The first-order valence-corrected chi connectivity index (χ1v) is 4.28. The summed E-state index contributed by atoms with van der Waals surface area (Å²) in [5.41, 5.74) is 0.709. The number of ether oxygens (including phenoxy) is 1. The maximum absolute atomic E-state index is 13.0. The van der Waals surface area contributed by atoms with Crippen molar-refractivity contribution in [2.75, 3.05) is 0 Å². The van der Waals surface area contributed by atoms with E-state index in [-0.39, 0.29) is 5.82 Å². The van der Waals surface area contributed by atoms with Crippen LogP contribution in [0.3, 0.4) is 0 Å². The Balaban J connectivity index is 2.28. The van der Waals surface area contributed by atoms with Crippen LogP contribution in [0.4, 0.5) is 4.39 Å². The topological polar surface area (TPSA) is 27.1 Å². The van der Waals surface area contributed by atoms with Crippen molar-refractivity contribution in [3.63, 3.8) is 0 Å². The van der Waals surface area contributed by atoms with Crippen molar-refractivity contribution in [1.29, 1.82) is 0 Å². The van der Waals surface area contributed by atoms with E-state index in [1.54, 1.807) is 12.3 Å². The van der Waals surface area contributed by atoms with Gasteiger partial charge in [-0.15, -0.1) is 0 Å². The number of nitrogens with zero attached hydrogens (tertiary/aromatic N) is 2. The molecule has 0 atom stereocenters. The van der Waals surface area contributed by atoms with Crippen LogP contribution in [-0.4, -0.2) is 9.55 Å². The molecule has 0 unspecified atom stereocenters. The lowest BCUT2D eigenvalue weighted by Crippen LogP contribution is -2.12. The standard InChI is InChI=1S/C10H7FN2O/c11-7-1-2-9-8(5-7)10-12-3-4-13(10)6-14-9/h1-5H,6H2. The highest BCUT2D eigenvalue weighted by Gasteiger charge is 2.17. The lowest BCUT2D eigenvalue weighted by atomic mass is 10.1. The zero-order valence-electron chi connectivity index (χ0n) is 7.27. The lowest BCUT2D eigenvalue weighted by Gasteiger charge is -2.18. The van der Waals surface area contributed by atoms with Gasteiger partial charge in [0.15, 0.2) is 6.73 Å². The van der Waals surface area contributed by atoms with Crippen molar-refractivity contribution in [2.45, 2.75) is 6.73 Å². The molecule has 0 saturated heterocycles. The Morgan fingerprint density at radius 2 is 2.36 bits per heavy atom. The second-order valence-corrected chi connectivity index (χ2v) is 3.13. The Morgan fingerprint density at radius 3 is 3.29 bits per heavy atom. The number of rotatable bonds is 0. The second-order valence-electron chi connectivity index (χ2n) is 3.13. The van der Waals surface area contributed by atoms with E-state index in [1.165, 1.54) is 12.1 Å². The molecule has 1 aliphatic rings. The summed E-state index contributed by atoms with van der Waals surface area (Å²) in [4.78, 5) is 4.16. The molecule has 0 aliphatic carbocycles. The smallest absolute Gasteiger partial charge is 0.166 e. The van der Waals surface area contributed by atoms with E-state index in [1.807, 2.05) is 10.8 Å². The molecule has 4 heteroatoms. The summed E-state index contributed by atoms with van der Waals surface area (Å²) in [6, 6.07) is 4.45. The summed E-state index contributed by atoms with van der Waals surface area (Å²) in [6.45, 7) is 0.438. The average Bonchev–Trinajstić information content (AvgIpc) is 2.65. The fourth-order valence-corrected chi connectivity index (χ4v) is 1.60. The monoisotopic (exact) mass is 190 g/mol. The average molecular weight is 190 g/mol. The first-order chi connectivity index (χ1) is 6.84. The molecule has 0 fully saturated rings. The maximum Gasteiger partial charge on any atom is 0.166 e. The van der Waals surface area contributed by atoms with E-state index in [0.717, 1.165) is 5.82 Å². The van der Waals surface area contributed by atoms with Crippen LogP contribution >= 0.6 is 0 Å². The number of hydrogen-bond acceptors (Lipinski definition) is 2. The van der Waals surface area contributed by atoms with Crippen molar-refractivity contribution in [2.24, 2.45) is 0 Å². The predicted molar refractivity (Wildman–Crippen MR) is 48.2 cm³/mol. The third-order valence-corrected chi connectivity index (χ3v) is 2.26. The van der Waals surface area contributed by atoms with Gasteiger partial charge in [-0.3, -0.25) is 4.57 Å². The van der Waals surface area contributed by atoms with Crippen molar-refractivity contribution in [3.05, 3.63) is 36.4 Å². The van der Waals surface area contributed by atoms with Crippen LogP contribution in [-0.2, 0) is 6.73 Å². The Labute approximate surface area is 79.8 Å². The Bertz CT molecular complexity index is 493. The van der Waals surface area contributed by atoms with Crippen LogP contribution in [0.15, 0.2) is 30.6 Å². The Morgan fingerprint density at radius 1 is 1.43 bits per heavy atom. The van der Waals surface area contributed by atoms with Gasteiger partial charge < -0.3 is 4.74 Å². The number of fused-ring (bicyclic) bond motifs is 3.